The van der Waals surface area contributed by atoms with Crippen molar-refractivity contribution in [1.82, 2.24) is 9.21 Å². The molecule has 3 rings (SSSR count). The first-order valence-electron chi connectivity index (χ1n) is 9.05. The quantitative estimate of drug-likeness (QED) is 0.719. The molecule has 0 aliphatic carbocycles. The Bertz CT molecular complexity index is 1040. The van der Waals surface area contributed by atoms with Gasteiger partial charge in [0.05, 0.1) is 11.7 Å². The maximum absolute atomic E-state index is 13.9. The normalized spacial score (nSPS) is 17.0. The number of piperazine rings is 1. The Labute approximate surface area is 171 Å². The molecule has 0 aromatic heterocycles. The number of nitrogens with one attached hydrogen (secondary N) is 1. The number of hydrogen-bond acceptors (Lipinski definition) is 4. The molecule has 1 saturated heterocycles. The highest BCUT2D eigenvalue weighted by molar-refractivity contribution is 7.89. The van der Waals surface area contributed by atoms with Crippen LogP contribution >= 0.6 is 0 Å². The molecule has 0 saturated carbocycles. The van der Waals surface area contributed by atoms with Crippen molar-refractivity contribution in [3.63, 3.8) is 0 Å². The lowest BCUT2D eigenvalue weighted by molar-refractivity contribution is -0.121. The van der Waals surface area contributed by atoms with Gasteiger partial charge in [0.15, 0.2) is 4.90 Å². The third kappa shape index (κ3) is 4.47. The molecule has 2 aromatic carbocycles. The van der Waals surface area contributed by atoms with E-state index in [1.807, 2.05) is 0 Å². The molecule has 0 radical (unpaired) electrons. The summed E-state index contributed by atoms with van der Waals surface area (Å²) in [4.78, 5) is 13.0. The van der Waals surface area contributed by atoms with Gasteiger partial charge in [0.25, 0.3) is 0 Å². The Kier molecular flexibility index (Phi) is 6.44. The number of benzene rings is 2. The SMILES string of the molecule is CC(C(=O)Nc1cc(F)ccc1F)N1CCN(S(=O)(=O)c2c(F)cccc2F)CC1. The van der Waals surface area contributed by atoms with E-state index in [9.17, 15) is 30.8 Å². The van der Waals surface area contributed by atoms with Crippen LogP contribution in [0, 0.1) is 23.3 Å². The number of rotatable bonds is 5. The van der Waals surface area contributed by atoms with E-state index in [0.29, 0.717) is 0 Å². The Balaban J connectivity index is 1.66. The van der Waals surface area contributed by atoms with Crippen LogP contribution in [0.3, 0.4) is 0 Å². The van der Waals surface area contributed by atoms with E-state index in [1.165, 1.54) is 6.92 Å². The van der Waals surface area contributed by atoms with Gasteiger partial charge in [-0.15, -0.1) is 0 Å². The molecule has 1 atom stereocenters. The molecule has 11 heteroatoms. The summed E-state index contributed by atoms with van der Waals surface area (Å²) in [6.07, 6.45) is 0. The maximum Gasteiger partial charge on any atom is 0.249 e. The van der Waals surface area contributed by atoms with Crippen LogP contribution in [-0.2, 0) is 14.8 Å². The van der Waals surface area contributed by atoms with E-state index < -0.39 is 50.1 Å². The summed E-state index contributed by atoms with van der Waals surface area (Å²) in [5.41, 5.74) is -0.303. The van der Waals surface area contributed by atoms with Crippen molar-refractivity contribution in [2.24, 2.45) is 0 Å². The lowest BCUT2D eigenvalue weighted by Gasteiger charge is -2.36. The maximum atomic E-state index is 13.9. The number of halogens is 4. The van der Waals surface area contributed by atoms with Crippen LogP contribution in [0.1, 0.15) is 6.92 Å². The van der Waals surface area contributed by atoms with E-state index >= 15 is 0 Å². The van der Waals surface area contributed by atoms with Crippen molar-refractivity contribution < 1.29 is 30.8 Å². The fourth-order valence-corrected chi connectivity index (χ4v) is 4.72. The van der Waals surface area contributed by atoms with Crippen LogP contribution in [0.25, 0.3) is 0 Å². The molecular weight excluding hydrogens is 426 g/mol. The summed E-state index contributed by atoms with van der Waals surface area (Å²) < 4.78 is 81.0. The predicted molar refractivity (Wildman–Crippen MR) is 101 cm³/mol. The number of carbonyl (C=O) groups is 1. The molecule has 1 unspecified atom stereocenters. The highest BCUT2D eigenvalue weighted by Crippen LogP contribution is 2.24. The van der Waals surface area contributed by atoms with Crippen molar-refractivity contribution >= 4 is 21.6 Å². The van der Waals surface area contributed by atoms with Gasteiger partial charge < -0.3 is 5.32 Å². The van der Waals surface area contributed by atoms with Crippen LogP contribution in [0.2, 0.25) is 0 Å². The van der Waals surface area contributed by atoms with Gasteiger partial charge in [-0.05, 0) is 31.2 Å². The zero-order valence-electron chi connectivity index (χ0n) is 15.9. The molecule has 1 amide bonds. The third-order valence-corrected chi connectivity index (χ3v) is 6.85. The lowest BCUT2D eigenvalue weighted by Crippen LogP contribution is -2.54. The molecule has 1 heterocycles. The average Bonchev–Trinajstić information content (AvgIpc) is 2.70. The topological polar surface area (TPSA) is 69.7 Å². The Morgan fingerprint density at radius 1 is 0.967 bits per heavy atom. The first-order valence-corrected chi connectivity index (χ1v) is 10.5. The third-order valence-electron chi connectivity index (χ3n) is 4.90. The second-order valence-corrected chi connectivity index (χ2v) is 8.66. The highest BCUT2D eigenvalue weighted by Gasteiger charge is 2.35. The van der Waals surface area contributed by atoms with Crippen LogP contribution in [0.15, 0.2) is 41.3 Å². The molecule has 0 bridgehead atoms. The summed E-state index contributed by atoms with van der Waals surface area (Å²) in [7, 11) is -4.39. The Morgan fingerprint density at radius 2 is 1.57 bits per heavy atom. The van der Waals surface area contributed by atoms with Gasteiger partial charge in [0.1, 0.15) is 23.3 Å². The number of carbonyl (C=O) groups excluding carboxylic acids is 1. The summed E-state index contributed by atoms with van der Waals surface area (Å²) in [6, 6.07) is 4.70. The standard InChI is InChI=1S/C19H19F4N3O3S/c1-12(19(27)24-17-11-13(20)5-6-14(17)21)25-7-9-26(10-8-25)30(28,29)18-15(22)3-2-4-16(18)23/h2-6,11-12H,7-10H2,1H3,(H,24,27). The fraction of sp³-hybridized carbons (Fsp3) is 0.316. The molecule has 1 aliphatic heterocycles. The van der Waals surface area contributed by atoms with Gasteiger partial charge in [-0.25, -0.2) is 26.0 Å². The number of sulfonamides is 1. The average molecular weight is 445 g/mol. The number of nitrogens with zero attached hydrogens (tertiary/aromatic N) is 2. The molecule has 30 heavy (non-hydrogen) atoms. The van der Waals surface area contributed by atoms with Gasteiger partial charge in [-0.3, -0.25) is 9.69 Å². The van der Waals surface area contributed by atoms with Gasteiger partial charge in [-0.2, -0.15) is 4.31 Å². The smallest absolute Gasteiger partial charge is 0.249 e. The fourth-order valence-electron chi connectivity index (χ4n) is 3.19. The van der Waals surface area contributed by atoms with E-state index in [2.05, 4.69) is 5.32 Å². The Morgan fingerprint density at radius 3 is 2.17 bits per heavy atom. The first-order chi connectivity index (χ1) is 14.1. The first kappa shape index (κ1) is 22.2. The zero-order chi connectivity index (χ0) is 22.1. The van der Waals surface area contributed by atoms with Gasteiger partial charge in [0, 0.05) is 32.2 Å². The monoisotopic (exact) mass is 445 g/mol. The molecule has 6 nitrogen and oxygen atoms in total. The van der Waals surface area contributed by atoms with Gasteiger partial charge in [0.2, 0.25) is 15.9 Å². The van der Waals surface area contributed by atoms with Gasteiger partial charge in [-0.1, -0.05) is 6.07 Å². The van der Waals surface area contributed by atoms with E-state index in [0.717, 1.165) is 40.7 Å². The Hall–Kier alpha value is -2.50. The second-order valence-electron chi connectivity index (χ2n) is 6.78. The van der Waals surface area contributed by atoms with Crippen molar-refractivity contribution in [2.75, 3.05) is 31.5 Å². The number of amides is 1. The highest BCUT2D eigenvalue weighted by atomic mass is 32.2. The largest absolute Gasteiger partial charge is 0.322 e. The van der Waals surface area contributed by atoms with Crippen LogP contribution in [0.5, 0.6) is 0 Å². The molecule has 2 aromatic rings. The minimum Gasteiger partial charge on any atom is -0.322 e. The minimum absolute atomic E-state index is 0.0952. The summed E-state index contributed by atoms with van der Waals surface area (Å²) >= 11 is 0. The molecule has 162 valence electrons. The van der Waals surface area contributed by atoms with Crippen LogP contribution in [-0.4, -0.2) is 55.8 Å². The molecular formula is C19H19F4N3O3S. The lowest BCUT2D eigenvalue weighted by atomic mass is 10.2. The second kappa shape index (κ2) is 8.70. The predicted octanol–water partition coefficient (Wildman–Crippen LogP) is 2.58. The summed E-state index contributed by atoms with van der Waals surface area (Å²) in [6.45, 7) is 1.56. The van der Waals surface area contributed by atoms with Crippen molar-refractivity contribution in [3.05, 3.63) is 59.7 Å². The van der Waals surface area contributed by atoms with Crippen molar-refractivity contribution in [1.29, 1.82) is 0 Å². The minimum atomic E-state index is -4.39. The van der Waals surface area contributed by atoms with Crippen LogP contribution in [0.4, 0.5) is 23.2 Å². The number of anilines is 1. The summed E-state index contributed by atoms with van der Waals surface area (Å²) in [5.74, 6) is -4.46. The van der Waals surface area contributed by atoms with Crippen molar-refractivity contribution in [2.45, 2.75) is 17.9 Å². The van der Waals surface area contributed by atoms with E-state index in [4.69, 9.17) is 0 Å². The molecule has 1 aliphatic rings. The van der Waals surface area contributed by atoms with E-state index in [1.54, 1.807) is 4.90 Å². The summed E-state index contributed by atoms with van der Waals surface area (Å²) in [5, 5.41) is 2.30. The van der Waals surface area contributed by atoms with Crippen LogP contribution < -0.4 is 5.32 Å². The number of hydrogen-bond donors (Lipinski definition) is 1. The van der Waals surface area contributed by atoms with Crippen molar-refractivity contribution in [3.8, 4) is 0 Å². The van der Waals surface area contributed by atoms with E-state index in [-0.39, 0.29) is 31.9 Å². The molecule has 0 spiro atoms. The molecule has 1 fully saturated rings. The zero-order valence-corrected chi connectivity index (χ0v) is 16.7. The molecule has 1 N–H and O–H groups in total. The van der Waals surface area contributed by atoms with Gasteiger partial charge >= 0.3 is 0 Å².